The molecular formula is C14H9BrN2O3. The van der Waals surface area contributed by atoms with Crippen LogP contribution in [0.2, 0.25) is 0 Å². The van der Waals surface area contributed by atoms with Crippen molar-refractivity contribution in [2.75, 3.05) is 5.32 Å². The molecule has 0 amide bonds. The lowest BCUT2D eigenvalue weighted by Gasteiger charge is -2.04. The number of benzene rings is 2. The van der Waals surface area contributed by atoms with E-state index in [-0.39, 0.29) is 5.56 Å². The SMILES string of the molecule is O=C(O)c1cc(Nc2nc3ccccc3o2)ccc1Br. The van der Waals surface area contributed by atoms with Gasteiger partial charge in [-0.2, -0.15) is 4.98 Å². The maximum atomic E-state index is 11.1. The summed E-state index contributed by atoms with van der Waals surface area (Å²) in [6.07, 6.45) is 0. The number of carboxylic acids is 1. The van der Waals surface area contributed by atoms with Gasteiger partial charge in [0.25, 0.3) is 6.01 Å². The van der Waals surface area contributed by atoms with E-state index in [0.29, 0.717) is 21.8 Å². The van der Waals surface area contributed by atoms with Crippen LogP contribution in [-0.4, -0.2) is 16.1 Å². The van der Waals surface area contributed by atoms with Crippen molar-refractivity contribution in [1.29, 1.82) is 0 Å². The number of hydrogen-bond donors (Lipinski definition) is 2. The molecule has 6 heteroatoms. The first kappa shape index (κ1) is 12.7. The van der Waals surface area contributed by atoms with Crippen molar-refractivity contribution in [2.45, 2.75) is 0 Å². The van der Waals surface area contributed by atoms with E-state index in [1.54, 1.807) is 12.1 Å². The summed E-state index contributed by atoms with van der Waals surface area (Å²) in [6, 6.07) is 12.6. The highest BCUT2D eigenvalue weighted by atomic mass is 79.9. The number of carboxylic acid groups (broad SMARTS) is 1. The lowest BCUT2D eigenvalue weighted by Crippen LogP contribution is -1.99. The summed E-state index contributed by atoms with van der Waals surface area (Å²) >= 11 is 3.20. The van der Waals surface area contributed by atoms with Crippen LogP contribution in [0.4, 0.5) is 11.7 Å². The molecule has 0 spiro atoms. The largest absolute Gasteiger partial charge is 0.478 e. The Morgan fingerprint density at radius 2 is 2.05 bits per heavy atom. The Morgan fingerprint density at radius 1 is 1.25 bits per heavy atom. The third-order valence-electron chi connectivity index (χ3n) is 2.74. The number of aromatic carboxylic acids is 1. The Hall–Kier alpha value is -2.34. The fourth-order valence-corrected chi connectivity index (χ4v) is 2.23. The van der Waals surface area contributed by atoms with Crippen LogP contribution in [0.1, 0.15) is 10.4 Å². The smallest absolute Gasteiger partial charge is 0.336 e. The summed E-state index contributed by atoms with van der Waals surface area (Å²) in [6.45, 7) is 0. The summed E-state index contributed by atoms with van der Waals surface area (Å²) in [5.74, 6) is -1.00. The Kier molecular flexibility index (Phi) is 3.15. The molecule has 2 N–H and O–H groups in total. The average Bonchev–Trinajstić information content (AvgIpc) is 2.82. The number of halogens is 1. The van der Waals surface area contributed by atoms with E-state index >= 15 is 0 Å². The molecule has 20 heavy (non-hydrogen) atoms. The molecule has 100 valence electrons. The van der Waals surface area contributed by atoms with Gasteiger partial charge in [-0.05, 0) is 46.3 Å². The molecule has 0 aliphatic carbocycles. The highest BCUT2D eigenvalue weighted by molar-refractivity contribution is 9.10. The summed E-state index contributed by atoms with van der Waals surface area (Å²) in [5.41, 5.74) is 2.18. The van der Waals surface area contributed by atoms with Crippen LogP contribution in [-0.2, 0) is 0 Å². The van der Waals surface area contributed by atoms with E-state index in [9.17, 15) is 4.79 Å². The van der Waals surface area contributed by atoms with Gasteiger partial charge in [0.1, 0.15) is 5.52 Å². The van der Waals surface area contributed by atoms with Gasteiger partial charge >= 0.3 is 5.97 Å². The molecule has 0 saturated carbocycles. The Bertz CT molecular complexity index is 765. The maximum absolute atomic E-state index is 11.1. The van der Waals surface area contributed by atoms with Crippen LogP contribution in [0, 0.1) is 0 Å². The lowest BCUT2D eigenvalue weighted by molar-refractivity contribution is 0.0696. The third-order valence-corrected chi connectivity index (χ3v) is 3.43. The zero-order valence-electron chi connectivity index (χ0n) is 10.1. The number of nitrogens with one attached hydrogen (secondary N) is 1. The summed E-state index contributed by atoms with van der Waals surface area (Å²) in [5, 5.41) is 12.0. The fourth-order valence-electron chi connectivity index (χ4n) is 1.82. The molecule has 3 aromatic rings. The molecule has 0 aliphatic rings. The standard InChI is InChI=1S/C14H9BrN2O3/c15-10-6-5-8(7-9(10)13(18)19)16-14-17-11-3-1-2-4-12(11)20-14/h1-7H,(H,16,17)(H,18,19). The van der Waals surface area contributed by atoms with E-state index in [4.69, 9.17) is 9.52 Å². The molecule has 0 atom stereocenters. The zero-order valence-corrected chi connectivity index (χ0v) is 11.7. The number of nitrogens with zero attached hydrogens (tertiary/aromatic N) is 1. The summed E-state index contributed by atoms with van der Waals surface area (Å²) in [7, 11) is 0. The second-order valence-corrected chi connectivity index (χ2v) is 4.97. The van der Waals surface area contributed by atoms with Crippen LogP contribution in [0.5, 0.6) is 0 Å². The monoisotopic (exact) mass is 332 g/mol. The molecule has 1 heterocycles. The Morgan fingerprint density at radius 3 is 2.80 bits per heavy atom. The van der Waals surface area contributed by atoms with Gasteiger partial charge in [0.2, 0.25) is 0 Å². The van der Waals surface area contributed by atoms with Crippen molar-refractivity contribution in [3.8, 4) is 0 Å². The van der Waals surface area contributed by atoms with E-state index < -0.39 is 5.97 Å². The second-order valence-electron chi connectivity index (χ2n) is 4.11. The minimum atomic E-state index is -1.00. The first-order valence-electron chi connectivity index (χ1n) is 5.79. The predicted molar refractivity (Wildman–Crippen MR) is 78.4 cm³/mol. The van der Waals surface area contributed by atoms with Gasteiger partial charge in [-0.25, -0.2) is 4.79 Å². The number of oxazole rings is 1. The molecular weight excluding hydrogens is 324 g/mol. The number of para-hydroxylation sites is 2. The van der Waals surface area contributed by atoms with E-state index in [1.165, 1.54) is 6.07 Å². The summed E-state index contributed by atoms with van der Waals surface area (Å²) < 4.78 is 6.04. The minimum Gasteiger partial charge on any atom is -0.478 e. The van der Waals surface area contributed by atoms with Crippen LogP contribution in [0.25, 0.3) is 11.1 Å². The van der Waals surface area contributed by atoms with Gasteiger partial charge in [-0.3, -0.25) is 0 Å². The van der Waals surface area contributed by atoms with Crippen molar-refractivity contribution < 1.29 is 14.3 Å². The van der Waals surface area contributed by atoms with E-state index in [1.807, 2.05) is 24.3 Å². The van der Waals surface area contributed by atoms with E-state index in [0.717, 1.165) is 5.52 Å². The number of aromatic nitrogens is 1. The number of rotatable bonds is 3. The molecule has 0 unspecified atom stereocenters. The Balaban J connectivity index is 1.94. The second kappa shape index (κ2) is 4.97. The maximum Gasteiger partial charge on any atom is 0.336 e. The van der Waals surface area contributed by atoms with Crippen molar-refractivity contribution in [3.05, 3.63) is 52.5 Å². The van der Waals surface area contributed by atoms with Gasteiger partial charge in [-0.1, -0.05) is 12.1 Å². The van der Waals surface area contributed by atoms with Crippen LogP contribution < -0.4 is 5.32 Å². The molecule has 0 fully saturated rings. The lowest BCUT2D eigenvalue weighted by atomic mass is 10.2. The van der Waals surface area contributed by atoms with Crippen molar-refractivity contribution in [2.24, 2.45) is 0 Å². The molecule has 1 aromatic heterocycles. The quantitative estimate of drug-likeness (QED) is 0.757. The third kappa shape index (κ3) is 2.37. The van der Waals surface area contributed by atoms with Gasteiger partial charge in [-0.15, -0.1) is 0 Å². The first-order valence-corrected chi connectivity index (χ1v) is 6.58. The molecule has 5 nitrogen and oxygen atoms in total. The van der Waals surface area contributed by atoms with Gasteiger partial charge in [0.05, 0.1) is 5.56 Å². The van der Waals surface area contributed by atoms with Crippen LogP contribution in [0.3, 0.4) is 0 Å². The molecule has 0 bridgehead atoms. The average molecular weight is 333 g/mol. The van der Waals surface area contributed by atoms with Crippen LogP contribution >= 0.6 is 15.9 Å². The molecule has 0 radical (unpaired) electrons. The van der Waals surface area contributed by atoms with Crippen molar-refractivity contribution in [1.82, 2.24) is 4.98 Å². The van der Waals surface area contributed by atoms with Crippen molar-refractivity contribution >= 4 is 44.7 Å². The zero-order chi connectivity index (χ0) is 14.1. The molecule has 0 aliphatic heterocycles. The molecule has 2 aromatic carbocycles. The fraction of sp³-hybridized carbons (Fsp3) is 0. The van der Waals surface area contributed by atoms with Crippen LogP contribution in [0.15, 0.2) is 51.4 Å². The topological polar surface area (TPSA) is 75.4 Å². The van der Waals surface area contributed by atoms with Gasteiger partial charge in [0, 0.05) is 10.2 Å². The highest BCUT2D eigenvalue weighted by Crippen LogP contribution is 2.25. The molecule has 0 saturated heterocycles. The normalized spacial score (nSPS) is 10.7. The van der Waals surface area contributed by atoms with Gasteiger partial charge < -0.3 is 14.8 Å². The van der Waals surface area contributed by atoms with Crippen molar-refractivity contribution in [3.63, 3.8) is 0 Å². The number of anilines is 2. The summed E-state index contributed by atoms with van der Waals surface area (Å²) in [4.78, 5) is 15.3. The highest BCUT2D eigenvalue weighted by Gasteiger charge is 2.11. The van der Waals surface area contributed by atoms with Gasteiger partial charge in [0.15, 0.2) is 5.58 Å². The molecule has 3 rings (SSSR count). The minimum absolute atomic E-state index is 0.172. The predicted octanol–water partition coefficient (Wildman–Crippen LogP) is 4.03. The van der Waals surface area contributed by atoms with E-state index in [2.05, 4.69) is 26.2 Å². The number of fused-ring (bicyclic) bond motifs is 1. The Labute approximate surface area is 122 Å². The first-order chi connectivity index (χ1) is 9.63. The number of hydrogen-bond acceptors (Lipinski definition) is 4. The number of carbonyl (C=O) groups is 1.